The molecule has 2 fully saturated rings. The number of halogens is 4. The smallest absolute Gasteiger partial charge is 0.427 e. The molecule has 2 aromatic carbocycles. The molecule has 9 nitrogen and oxygen atoms in total. The molecule has 41 heavy (non-hydrogen) atoms. The average molecular weight is 590 g/mol. The van der Waals surface area contributed by atoms with Crippen molar-refractivity contribution in [3.8, 4) is 6.01 Å². The van der Waals surface area contributed by atoms with Crippen LogP contribution in [0.4, 0.5) is 30.4 Å². The van der Waals surface area contributed by atoms with Crippen molar-refractivity contribution >= 4 is 45.5 Å². The topological polar surface area (TPSA) is 85.9 Å². The molecule has 0 bridgehead atoms. The first-order chi connectivity index (χ1) is 19.6. The number of hydrogen-bond donors (Lipinski definition) is 2. The minimum Gasteiger partial charge on any atom is -0.462 e. The van der Waals surface area contributed by atoms with Gasteiger partial charge in [-0.2, -0.15) is 23.1 Å². The monoisotopic (exact) mass is 589 g/mol. The van der Waals surface area contributed by atoms with Crippen LogP contribution in [0.15, 0.2) is 36.4 Å². The van der Waals surface area contributed by atoms with Crippen molar-refractivity contribution in [1.29, 1.82) is 0 Å². The summed E-state index contributed by atoms with van der Waals surface area (Å²) < 4.78 is 50.2. The van der Waals surface area contributed by atoms with Gasteiger partial charge in [-0.1, -0.05) is 35.9 Å². The first kappa shape index (κ1) is 27.8. The Balaban J connectivity index is 1.49. The third kappa shape index (κ3) is 5.13. The number of alkyl halides is 3. The highest BCUT2D eigenvalue weighted by Gasteiger charge is 2.52. The maximum absolute atomic E-state index is 14.7. The van der Waals surface area contributed by atoms with Crippen LogP contribution in [0, 0.1) is 0 Å². The number of aromatic nitrogens is 2. The number of piperazine rings is 1. The quantitative estimate of drug-likeness (QED) is 0.450. The number of fused-ring (bicyclic) bond motifs is 2. The van der Waals surface area contributed by atoms with Gasteiger partial charge in [-0.15, -0.1) is 0 Å². The number of hydrogen-bond acceptors (Lipinski definition) is 8. The van der Waals surface area contributed by atoms with E-state index in [1.807, 2.05) is 18.9 Å². The highest BCUT2D eigenvalue weighted by Crippen LogP contribution is 2.43. The summed E-state index contributed by atoms with van der Waals surface area (Å²) in [4.78, 5) is 27.9. The highest BCUT2D eigenvalue weighted by atomic mass is 35.5. The molecule has 13 heteroatoms. The van der Waals surface area contributed by atoms with Crippen LogP contribution in [0.25, 0.3) is 10.8 Å². The molecule has 3 aromatic rings. The van der Waals surface area contributed by atoms with Gasteiger partial charge < -0.3 is 25.2 Å². The second-order valence-electron chi connectivity index (χ2n) is 10.8. The number of carbonyl (C=O) groups is 1. The molecule has 0 spiro atoms. The van der Waals surface area contributed by atoms with Crippen LogP contribution in [0.2, 0.25) is 5.02 Å². The maximum Gasteiger partial charge on any atom is 0.427 e. The van der Waals surface area contributed by atoms with Crippen molar-refractivity contribution in [3.05, 3.63) is 47.1 Å². The van der Waals surface area contributed by atoms with E-state index in [-0.39, 0.29) is 46.0 Å². The lowest BCUT2D eigenvalue weighted by molar-refractivity contribution is -0.141. The number of amides is 1. The number of anilines is 3. The zero-order chi connectivity index (χ0) is 28.9. The third-order valence-electron chi connectivity index (χ3n) is 8.08. The molecule has 3 aliphatic heterocycles. The van der Waals surface area contributed by atoms with Crippen LogP contribution in [0.5, 0.6) is 6.01 Å². The summed E-state index contributed by atoms with van der Waals surface area (Å²) in [7, 11) is 2.01. The van der Waals surface area contributed by atoms with Crippen molar-refractivity contribution in [2.75, 3.05) is 55.0 Å². The van der Waals surface area contributed by atoms with Gasteiger partial charge >= 0.3 is 12.2 Å². The first-order valence-corrected chi connectivity index (χ1v) is 14.1. The lowest BCUT2D eigenvalue weighted by atomic mass is 10.0. The summed E-state index contributed by atoms with van der Waals surface area (Å²) >= 11 is 6.47. The molecule has 0 aliphatic carbocycles. The van der Waals surface area contributed by atoms with E-state index in [1.54, 1.807) is 30.3 Å². The van der Waals surface area contributed by atoms with Crippen molar-refractivity contribution < 1.29 is 22.7 Å². The molecule has 4 heterocycles. The normalized spacial score (nSPS) is 23.6. The Morgan fingerprint density at radius 2 is 1.93 bits per heavy atom. The van der Waals surface area contributed by atoms with Crippen molar-refractivity contribution in [3.63, 3.8) is 0 Å². The van der Waals surface area contributed by atoms with Gasteiger partial charge in [-0.3, -0.25) is 9.69 Å². The number of carbonyl (C=O) groups excluding carboxylic acids is 1. The third-order valence-corrected chi connectivity index (χ3v) is 8.40. The Morgan fingerprint density at radius 1 is 1.15 bits per heavy atom. The van der Waals surface area contributed by atoms with Crippen LogP contribution < -0.4 is 25.2 Å². The molecule has 2 N–H and O–H groups in total. The minimum absolute atomic E-state index is 0.0318. The standard InChI is InChI=1S/C28H31ClF3N7O2/c1-16-14-33-11-13-38(16)24-22-23(35-27(36-24)41-15-18-8-5-12-37(18)2)25(40)39(26(34-22)28(30,31)32)20-10-4-7-17-6-3-9-19(29)21(17)20/h3-4,6-7,9-10,16,18,26,33-34H,5,8,11-15H2,1-2H3/t16-,18-,26?/m0/s1. The van der Waals surface area contributed by atoms with Gasteiger partial charge in [-0.05, 0) is 50.9 Å². The molecule has 2 saturated heterocycles. The molecule has 1 unspecified atom stereocenters. The number of benzene rings is 2. The molecular formula is C28H31ClF3N7O2. The van der Waals surface area contributed by atoms with Gasteiger partial charge in [0, 0.05) is 37.1 Å². The van der Waals surface area contributed by atoms with Crippen LogP contribution >= 0.6 is 11.6 Å². The van der Waals surface area contributed by atoms with Crippen LogP contribution in [0.1, 0.15) is 30.3 Å². The summed E-state index contributed by atoms with van der Waals surface area (Å²) in [6.07, 6.45) is -5.20. The fourth-order valence-corrected chi connectivity index (χ4v) is 6.17. The largest absolute Gasteiger partial charge is 0.462 e. The van der Waals surface area contributed by atoms with E-state index >= 15 is 0 Å². The van der Waals surface area contributed by atoms with Crippen LogP contribution in [0.3, 0.4) is 0 Å². The molecule has 218 valence electrons. The summed E-state index contributed by atoms with van der Waals surface area (Å²) in [5, 5.41) is 7.07. The predicted octanol–water partition coefficient (Wildman–Crippen LogP) is 4.52. The second-order valence-corrected chi connectivity index (χ2v) is 11.2. The van der Waals surface area contributed by atoms with Gasteiger partial charge in [0.15, 0.2) is 11.5 Å². The van der Waals surface area contributed by atoms with E-state index in [0.717, 1.165) is 19.4 Å². The van der Waals surface area contributed by atoms with Crippen LogP contribution in [-0.2, 0) is 0 Å². The Kier molecular flexibility index (Phi) is 7.33. The first-order valence-electron chi connectivity index (χ1n) is 13.7. The molecule has 1 amide bonds. The molecule has 3 atom stereocenters. The molecule has 3 aliphatic rings. The van der Waals surface area contributed by atoms with Crippen molar-refractivity contribution in [1.82, 2.24) is 20.2 Å². The Bertz CT molecular complexity index is 1470. The minimum atomic E-state index is -4.83. The average Bonchev–Trinajstić information content (AvgIpc) is 3.36. The van der Waals surface area contributed by atoms with Gasteiger partial charge in [0.25, 0.3) is 5.91 Å². The molecule has 1 aromatic heterocycles. The van der Waals surface area contributed by atoms with Gasteiger partial charge in [0.2, 0.25) is 6.17 Å². The van der Waals surface area contributed by atoms with E-state index in [4.69, 9.17) is 16.3 Å². The number of nitrogens with one attached hydrogen (secondary N) is 2. The lowest BCUT2D eigenvalue weighted by Crippen LogP contribution is -2.58. The predicted molar refractivity (Wildman–Crippen MR) is 152 cm³/mol. The lowest BCUT2D eigenvalue weighted by Gasteiger charge is -2.41. The maximum atomic E-state index is 14.7. The fourth-order valence-electron chi connectivity index (χ4n) is 5.89. The summed E-state index contributed by atoms with van der Waals surface area (Å²) in [5.74, 6) is -0.695. The number of ether oxygens (including phenoxy) is 1. The molecule has 6 rings (SSSR count). The SMILES string of the molecule is C[C@H]1CNCCN1c1nc(OC[C@@H]2CCCN2C)nc2c1NC(C(F)(F)F)N(c1cccc3cccc(Cl)c13)C2=O. The van der Waals surface area contributed by atoms with E-state index in [1.165, 1.54) is 6.07 Å². The van der Waals surface area contributed by atoms with Crippen molar-refractivity contribution in [2.24, 2.45) is 0 Å². The number of likely N-dealkylation sites (N-methyl/N-ethyl adjacent to an activating group) is 1. The highest BCUT2D eigenvalue weighted by molar-refractivity contribution is 6.37. The molecule has 0 saturated carbocycles. The Morgan fingerprint density at radius 3 is 2.63 bits per heavy atom. The van der Waals surface area contributed by atoms with E-state index in [0.29, 0.717) is 41.9 Å². The fraction of sp³-hybridized carbons (Fsp3) is 0.464. The number of rotatable bonds is 5. The zero-order valence-corrected chi connectivity index (χ0v) is 23.5. The second kappa shape index (κ2) is 10.8. The Hall–Kier alpha value is -3.35. The van der Waals surface area contributed by atoms with Gasteiger partial charge in [0.1, 0.15) is 12.3 Å². The van der Waals surface area contributed by atoms with Gasteiger partial charge in [-0.25, -0.2) is 0 Å². The van der Waals surface area contributed by atoms with Crippen LogP contribution in [-0.4, -0.2) is 85.0 Å². The summed E-state index contributed by atoms with van der Waals surface area (Å²) in [6, 6.07) is 9.87. The summed E-state index contributed by atoms with van der Waals surface area (Å²) in [6.45, 7) is 4.92. The van der Waals surface area contributed by atoms with E-state index in [9.17, 15) is 18.0 Å². The van der Waals surface area contributed by atoms with Crippen molar-refractivity contribution in [2.45, 2.75) is 44.2 Å². The molecular weight excluding hydrogens is 559 g/mol. The van der Waals surface area contributed by atoms with Gasteiger partial charge in [0.05, 0.1) is 10.7 Å². The van der Waals surface area contributed by atoms with E-state index < -0.39 is 18.2 Å². The summed E-state index contributed by atoms with van der Waals surface area (Å²) in [5.41, 5.74) is -0.205. The molecule has 0 radical (unpaired) electrons. The zero-order valence-electron chi connectivity index (χ0n) is 22.7. The Labute approximate surface area is 240 Å². The number of likely N-dealkylation sites (tertiary alicyclic amines) is 1. The van der Waals surface area contributed by atoms with E-state index in [2.05, 4.69) is 25.5 Å². The number of nitrogens with zero attached hydrogens (tertiary/aromatic N) is 5.